The quantitative estimate of drug-likeness (QED) is 0.354. The molecule has 0 unspecified atom stereocenters. The number of hydrogen-bond acceptors (Lipinski definition) is 8. The zero-order valence-corrected chi connectivity index (χ0v) is 24.8. The van der Waals surface area contributed by atoms with Crippen LogP contribution in [0.3, 0.4) is 0 Å². The van der Waals surface area contributed by atoms with E-state index in [0.29, 0.717) is 30.7 Å². The molecule has 0 radical (unpaired) electrons. The number of aliphatic imine (C=N–C) groups is 3. The van der Waals surface area contributed by atoms with Gasteiger partial charge in [0.2, 0.25) is 0 Å². The van der Waals surface area contributed by atoms with Gasteiger partial charge in [0, 0.05) is 58.4 Å². The molecule has 5 aliphatic heterocycles. The zero-order chi connectivity index (χ0) is 29.9. The molecule has 0 aromatic rings. The van der Waals surface area contributed by atoms with Crippen molar-refractivity contribution < 1.29 is 19.7 Å². The van der Waals surface area contributed by atoms with Crippen molar-refractivity contribution in [1.82, 2.24) is 5.32 Å². The lowest BCUT2D eigenvalue weighted by Crippen LogP contribution is -2.16. The van der Waals surface area contributed by atoms with Gasteiger partial charge in [-0.1, -0.05) is 26.5 Å². The summed E-state index contributed by atoms with van der Waals surface area (Å²) in [6, 6.07) is 0. The molecule has 8 bridgehead atoms. The summed E-state index contributed by atoms with van der Waals surface area (Å²) in [5.41, 5.74) is 12.7. The molecule has 8 nitrogen and oxygen atoms in total. The average Bonchev–Trinajstić information content (AvgIpc) is 3.73. The van der Waals surface area contributed by atoms with Gasteiger partial charge in [-0.05, 0) is 61.6 Å². The van der Waals surface area contributed by atoms with Crippen molar-refractivity contribution in [3.8, 4) is 0 Å². The van der Waals surface area contributed by atoms with E-state index in [1.54, 1.807) is 0 Å². The highest BCUT2D eigenvalue weighted by Gasteiger charge is 2.41. The van der Waals surface area contributed by atoms with Crippen LogP contribution in [0.1, 0.15) is 53.4 Å². The lowest BCUT2D eigenvalue weighted by atomic mass is 9.86. The van der Waals surface area contributed by atoms with Crippen LogP contribution < -0.4 is 5.32 Å². The van der Waals surface area contributed by atoms with Crippen LogP contribution in [0.5, 0.6) is 0 Å². The molecule has 6 rings (SSSR count). The van der Waals surface area contributed by atoms with Crippen molar-refractivity contribution in [3.05, 3.63) is 104 Å². The number of fused-ring (bicyclic) bond motifs is 5. The second-order valence-electron chi connectivity index (χ2n) is 11.4. The standard InChI is InChI=1S/C34H36N4O4/c1-7-19-16(3)24-12-25-17(4)21(9-10-31(41)42-6)33(37-25)22-11-30(40)32-18(5)26(38-34(22)32)13-28-20(8-2)23(15-39)29(36-28)14-27(19)35-24/h7,12-14,17,21,37,39-40H,1,8-11,15H2,2-6H3/t17-,21-/m0/s1. The molecule has 42 heavy (non-hydrogen) atoms. The molecule has 216 valence electrons. The van der Waals surface area contributed by atoms with E-state index >= 15 is 0 Å². The average molecular weight is 565 g/mol. The maximum Gasteiger partial charge on any atom is 0.305 e. The molecule has 0 aromatic heterocycles. The van der Waals surface area contributed by atoms with Crippen molar-refractivity contribution in [3.63, 3.8) is 0 Å². The zero-order valence-electron chi connectivity index (χ0n) is 24.8. The number of hydrogen-bond donors (Lipinski definition) is 3. The minimum Gasteiger partial charge on any atom is -0.511 e. The molecule has 1 saturated heterocycles. The van der Waals surface area contributed by atoms with Crippen molar-refractivity contribution >= 4 is 23.1 Å². The number of nitrogens with zero attached hydrogens (tertiary/aromatic N) is 3. The van der Waals surface area contributed by atoms with E-state index in [0.717, 1.165) is 78.9 Å². The molecule has 0 saturated carbocycles. The Labute approximate surface area is 246 Å². The van der Waals surface area contributed by atoms with Crippen LogP contribution in [0.25, 0.3) is 0 Å². The predicted octanol–water partition coefficient (Wildman–Crippen LogP) is 5.77. The molecule has 3 N–H and O–H groups in total. The van der Waals surface area contributed by atoms with Crippen molar-refractivity contribution in [1.29, 1.82) is 0 Å². The maximum atomic E-state index is 12.2. The van der Waals surface area contributed by atoms with E-state index < -0.39 is 0 Å². The number of esters is 1. The summed E-state index contributed by atoms with van der Waals surface area (Å²) < 4.78 is 4.96. The Kier molecular flexibility index (Phi) is 6.97. The molecule has 0 spiro atoms. The second-order valence-corrected chi connectivity index (χ2v) is 11.4. The molecule has 1 fully saturated rings. The summed E-state index contributed by atoms with van der Waals surface area (Å²) in [4.78, 5) is 27.2. The lowest BCUT2D eigenvalue weighted by Gasteiger charge is -2.17. The molecular formula is C34H36N4O4. The largest absolute Gasteiger partial charge is 0.511 e. The monoisotopic (exact) mass is 564 g/mol. The first-order valence-corrected chi connectivity index (χ1v) is 14.5. The first-order chi connectivity index (χ1) is 20.2. The Bertz CT molecular complexity index is 1700. The fourth-order valence-corrected chi connectivity index (χ4v) is 6.81. The Balaban J connectivity index is 1.60. The summed E-state index contributed by atoms with van der Waals surface area (Å²) >= 11 is 0. The molecule has 8 heteroatoms. The summed E-state index contributed by atoms with van der Waals surface area (Å²) in [5, 5.41) is 25.2. The number of nitrogens with one attached hydrogen (secondary N) is 1. The Morgan fingerprint density at radius 2 is 1.88 bits per heavy atom. The second kappa shape index (κ2) is 10.5. The van der Waals surface area contributed by atoms with Gasteiger partial charge < -0.3 is 20.3 Å². The third-order valence-electron chi connectivity index (χ3n) is 9.19. The van der Waals surface area contributed by atoms with Crippen LogP contribution >= 0.6 is 0 Å². The Morgan fingerprint density at radius 3 is 2.57 bits per heavy atom. The lowest BCUT2D eigenvalue weighted by molar-refractivity contribution is -0.140. The van der Waals surface area contributed by atoms with Crippen LogP contribution in [0.2, 0.25) is 0 Å². The van der Waals surface area contributed by atoms with Crippen molar-refractivity contribution in [2.45, 2.75) is 53.4 Å². The SMILES string of the molecule is C=CC1=C(C)C2=NC1=CC1=NC(=CC3=C(C)C4=C(O)CC(=C5NC(=C2)[C@@H](C)[C@@H]5CCC(=O)OC)C4=N3)C(CC)=C1CO. The smallest absolute Gasteiger partial charge is 0.305 e. The fraction of sp³-hybridized carbons (Fsp3) is 0.353. The minimum absolute atomic E-state index is 0.00192. The molecule has 0 aromatic carbocycles. The van der Waals surface area contributed by atoms with E-state index in [1.807, 2.05) is 32.1 Å². The number of carbonyl (C=O) groups excluding carboxylic acids is 1. The molecule has 2 atom stereocenters. The normalized spacial score (nSPS) is 24.6. The number of rotatable bonds is 6. The molecule has 0 amide bonds. The Hall–Kier alpha value is -4.30. The van der Waals surface area contributed by atoms with Gasteiger partial charge in [0.15, 0.2) is 0 Å². The van der Waals surface area contributed by atoms with Gasteiger partial charge in [0.1, 0.15) is 5.76 Å². The third-order valence-corrected chi connectivity index (χ3v) is 9.19. The van der Waals surface area contributed by atoms with E-state index in [-0.39, 0.29) is 30.8 Å². The Morgan fingerprint density at radius 1 is 1.12 bits per heavy atom. The summed E-state index contributed by atoms with van der Waals surface area (Å²) in [6.07, 6.45) is 9.73. The van der Waals surface area contributed by atoms with Gasteiger partial charge in [-0.15, -0.1) is 0 Å². The van der Waals surface area contributed by atoms with E-state index in [9.17, 15) is 15.0 Å². The van der Waals surface area contributed by atoms with Crippen LogP contribution in [-0.4, -0.2) is 47.0 Å². The first kappa shape index (κ1) is 27.8. The van der Waals surface area contributed by atoms with Gasteiger partial charge in [-0.2, -0.15) is 0 Å². The highest BCUT2D eigenvalue weighted by atomic mass is 16.5. The summed E-state index contributed by atoms with van der Waals surface area (Å²) in [7, 11) is 1.41. The minimum atomic E-state index is -0.247. The van der Waals surface area contributed by atoms with E-state index in [1.165, 1.54) is 7.11 Å². The number of methoxy groups -OCH3 is 1. The van der Waals surface area contributed by atoms with Crippen LogP contribution in [0.15, 0.2) is 119 Å². The van der Waals surface area contributed by atoms with E-state index in [2.05, 4.69) is 31.8 Å². The van der Waals surface area contributed by atoms with Gasteiger partial charge in [0.25, 0.3) is 0 Å². The number of aliphatic hydroxyl groups is 2. The highest BCUT2D eigenvalue weighted by Crippen LogP contribution is 2.46. The fourth-order valence-electron chi connectivity index (χ4n) is 6.81. The molecular weight excluding hydrogens is 528 g/mol. The predicted molar refractivity (Wildman–Crippen MR) is 165 cm³/mol. The highest BCUT2D eigenvalue weighted by molar-refractivity contribution is 6.21. The van der Waals surface area contributed by atoms with Gasteiger partial charge in [-0.25, -0.2) is 15.0 Å². The molecule has 6 aliphatic rings. The van der Waals surface area contributed by atoms with Crippen LogP contribution in [0, 0.1) is 11.8 Å². The maximum absolute atomic E-state index is 12.2. The molecule has 5 heterocycles. The molecule has 1 aliphatic carbocycles. The number of carbonyl (C=O) groups is 1. The summed E-state index contributed by atoms with van der Waals surface area (Å²) in [6.45, 7) is 12.1. The van der Waals surface area contributed by atoms with Gasteiger partial charge in [-0.3, -0.25) is 4.79 Å². The third kappa shape index (κ3) is 4.24. The van der Waals surface area contributed by atoms with Crippen LogP contribution in [0.4, 0.5) is 0 Å². The van der Waals surface area contributed by atoms with Crippen LogP contribution in [-0.2, 0) is 9.53 Å². The van der Waals surface area contributed by atoms with Gasteiger partial charge in [0.05, 0.1) is 47.9 Å². The van der Waals surface area contributed by atoms with Crippen molar-refractivity contribution in [2.75, 3.05) is 13.7 Å². The number of aliphatic hydroxyl groups excluding tert-OH is 2. The first-order valence-electron chi connectivity index (χ1n) is 14.5. The number of ether oxygens (including phenoxy) is 1. The summed E-state index contributed by atoms with van der Waals surface area (Å²) in [5.74, 6) is 0.107. The van der Waals surface area contributed by atoms with Gasteiger partial charge >= 0.3 is 5.97 Å². The topological polar surface area (TPSA) is 116 Å². The number of allylic oxidation sites excluding steroid dienone is 11. The van der Waals surface area contributed by atoms with E-state index in [4.69, 9.17) is 19.7 Å². The van der Waals surface area contributed by atoms with Crippen molar-refractivity contribution in [2.24, 2.45) is 26.8 Å².